The van der Waals surface area contributed by atoms with Crippen LogP contribution in [0.15, 0.2) is 89.8 Å². The molecular weight excluding hydrogens is 366 g/mol. The fraction of sp³-hybridized carbons (Fsp3) is 0.0870. The second kappa shape index (κ2) is 8.67. The van der Waals surface area contributed by atoms with Gasteiger partial charge in [-0.1, -0.05) is 78.0 Å². The van der Waals surface area contributed by atoms with Gasteiger partial charge in [0.05, 0.1) is 17.3 Å². The number of carbonyl (C=O) groups excluding carboxylic acids is 1. The zero-order chi connectivity index (χ0) is 19.2. The van der Waals surface area contributed by atoms with Gasteiger partial charge in [-0.15, -0.1) is 16.9 Å². The van der Waals surface area contributed by atoms with Crippen molar-refractivity contribution in [2.75, 3.05) is 0 Å². The summed E-state index contributed by atoms with van der Waals surface area (Å²) in [4.78, 5) is 12.2. The number of thioether (sulfide) groups is 1. The molecule has 28 heavy (non-hydrogen) atoms. The second-order valence-corrected chi connectivity index (χ2v) is 7.39. The van der Waals surface area contributed by atoms with E-state index in [1.54, 1.807) is 11.8 Å². The molecule has 5 heteroatoms. The monoisotopic (exact) mass is 385 g/mol. The number of nitrogens with zero attached hydrogens (tertiary/aromatic N) is 3. The van der Waals surface area contributed by atoms with Gasteiger partial charge in [0.25, 0.3) is 0 Å². The third-order valence-corrected chi connectivity index (χ3v) is 5.42. The van der Waals surface area contributed by atoms with Gasteiger partial charge in [-0.25, -0.2) is 4.68 Å². The van der Waals surface area contributed by atoms with Crippen LogP contribution in [0.1, 0.15) is 21.6 Å². The first-order chi connectivity index (χ1) is 13.8. The van der Waals surface area contributed by atoms with E-state index in [0.717, 1.165) is 23.2 Å². The molecular formula is C23H19N3OS. The van der Waals surface area contributed by atoms with Crippen LogP contribution in [0.3, 0.4) is 0 Å². The fourth-order valence-corrected chi connectivity index (χ4v) is 3.84. The van der Waals surface area contributed by atoms with Crippen LogP contribution < -0.4 is 0 Å². The average molecular weight is 385 g/mol. The molecule has 0 fully saturated rings. The summed E-state index contributed by atoms with van der Waals surface area (Å²) >= 11 is 1.71. The summed E-state index contributed by atoms with van der Waals surface area (Å²) in [5.74, 6) is 0.663. The molecule has 0 unspecified atom stereocenters. The Hall–Kier alpha value is -3.18. The van der Waals surface area contributed by atoms with E-state index in [2.05, 4.69) is 34.6 Å². The van der Waals surface area contributed by atoms with E-state index in [0.29, 0.717) is 17.9 Å². The van der Waals surface area contributed by atoms with Crippen LogP contribution in [-0.2, 0) is 12.3 Å². The molecule has 0 spiro atoms. The number of aromatic nitrogens is 3. The van der Waals surface area contributed by atoms with Crippen LogP contribution in [0.2, 0.25) is 0 Å². The van der Waals surface area contributed by atoms with Crippen molar-refractivity contribution in [2.45, 2.75) is 17.2 Å². The lowest BCUT2D eigenvalue weighted by molar-refractivity contribution is 0.112. The van der Waals surface area contributed by atoms with Crippen LogP contribution in [0.5, 0.6) is 0 Å². The summed E-state index contributed by atoms with van der Waals surface area (Å²) in [6, 6.07) is 28.1. The number of rotatable bonds is 7. The minimum atomic E-state index is 0.658. The van der Waals surface area contributed by atoms with Crippen molar-refractivity contribution < 1.29 is 4.79 Å². The number of benzene rings is 3. The highest BCUT2D eigenvalue weighted by Gasteiger charge is 2.16. The maximum absolute atomic E-state index is 11.0. The minimum absolute atomic E-state index is 0.658. The Labute approximate surface area is 168 Å². The zero-order valence-corrected chi connectivity index (χ0v) is 16.0. The molecule has 0 saturated heterocycles. The van der Waals surface area contributed by atoms with E-state index in [9.17, 15) is 4.79 Å². The molecule has 0 saturated carbocycles. The van der Waals surface area contributed by atoms with Crippen molar-refractivity contribution in [1.29, 1.82) is 0 Å². The van der Waals surface area contributed by atoms with Gasteiger partial charge in [0, 0.05) is 22.4 Å². The summed E-state index contributed by atoms with van der Waals surface area (Å²) in [6.07, 6.45) is 1.57. The van der Waals surface area contributed by atoms with Crippen molar-refractivity contribution in [3.63, 3.8) is 0 Å². The van der Waals surface area contributed by atoms with E-state index in [4.69, 9.17) is 0 Å². The molecule has 0 aliphatic heterocycles. The van der Waals surface area contributed by atoms with Gasteiger partial charge >= 0.3 is 0 Å². The van der Waals surface area contributed by atoms with Crippen LogP contribution >= 0.6 is 11.8 Å². The van der Waals surface area contributed by atoms with Crippen molar-refractivity contribution in [3.05, 3.63) is 102 Å². The Kier molecular flexibility index (Phi) is 5.64. The molecule has 0 radical (unpaired) electrons. The van der Waals surface area contributed by atoms with Crippen LogP contribution in [0.4, 0.5) is 0 Å². The summed E-state index contributed by atoms with van der Waals surface area (Å²) < 4.78 is 1.94. The third-order valence-electron chi connectivity index (χ3n) is 4.44. The lowest BCUT2D eigenvalue weighted by Gasteiger charge is -2.09. The first-order valence-electron chi connectivity index (χ1n) is 9.03. The normalized spacial score (nSPS) is 10.7. The SMILES string of the molecule is O=Cc1ccc(-c2c(Cc3ccccc3)nnn2CSc2ccccc2)cc1. The highest BCUT2D eigenvalue weighted by atomic mass is 32.2. The first kappa shape index (κ1) is 18.2. The Bertz CT molecular complexity index is 1040. The van der Waals surface area contributed by atoms with Crippen molar-refractivity contribution in [3.8, 4) is 11.3 Å². The second-order valence-electron chi connectivity index (χ2n) is 6.37. The molecule has 0 aliphatic rings. The van der Waals surface area contributed by atoms with E-state index < -0.39 is 0 Å². The van der Waals surface area contributed by atoms with Crippen molar-refractivity contribution in [2.24, 2.45) is 0 Å². The number of hydrogen-bond acceptors (Lipinski definition) is 4. The topological polar surface area (TPSA) is 47.8 Å². The van der Waals surface area contributed by atoms with Crippen LogP contribution in [0, 0.1) is 0 Å². The Balaban J connectivity index is 1.67. The van der Waals surface area contributed by atoms with E-state index in [-0.39, 0.29) is 0 Å². The summed E-state index contributed by atoms with van der Waals surface area (Å²) in [5.41, 5.74) is 4.78. The molecule has 4 aromatic rings. The smallest absolute Gasteiger partial charge is 0.150 e. The summed E-state index contributed by atoms with van der Waals surface area (Å²) in [5, 5.41) is 8.90. The van der Waals surface area contributed by atoms with Gasteiger partial charge in [-0.05, 0) is 17.7 Å². The predicted octanol–water partition coefficient (Wildman–Crippen LogP) is 5.10. The number of aldehydes is 1. The Morgan fingerprint density at radius 2 is 1.54 bits per heavy atom. The van der Waals surface area contributed by atoms with Crippen molar-refractivity contribution in [1.82, 2.24) is 15.0 Å². The maximum Gasteiger partial charge on any atom is 0.150 e. The van der Waals surface area contributed by atoms with Gasteiger partial charge in [-0.3, -0.25) is 4.79 Å². The van der Waals surface area contributed by atoms with Crippen LogP contribution in [-0.4, -0.2) is 21.3 Å². The van der Waals surface area contributed by atoms with Crippen LogP contribution in [0.25, 0.3) is 11.3 Å². The molecule has 0 bridgehead atoms. The fourth-order valence-electron chi connectivity index (χ4n) is 3.04. The summed E-state index contributed by atoms with van der Waals surface area (Å²) in [6.45, 7) is 0. The Morgan fingerprint density at radius 3 is 2.21 bits per heavy atom. The highest BCUT2D eigenvalue weighted by Crippen LogP contribution is 2.28. The number of carbonyl (C=O) groups is 1. The predicted molar refractivity (Wildman–Crippen MR) is 112 cm³/mol. The van der Waals surface area contributed by atoms with Gasteiger partial charge in [0.1, 0.15) is 6.29 Å². The molecule has 0 atom stereocenters. The van der Waals surface area contributed by atoms with Gasteiger partial charge < -0.3 is 0 Å². The standard InChI is InChI=1S/C23H19N3OS/c27-16-19-11-13-20(14-12-19)23-22(15-18-7-3-1-4-8-18)24-25-26(23)17-28-21-9-5-2-6-10-21/h1-14,16H,15,17H2. The van der Waals surface area contributed by atoms with Gasteiger partial charge in [-0.2, -0.15) is 0 Å². The molecule has 4 rings (SSSR count). The quantitative estimate of drug-likeness (QED) is 0.328. The lowest BCUT2D eigenvalue weighted by Crippen LogP contribution is -2.01. The minimum Gasteiger partial charge on any atom is -0.298 e. The van der Waals surface area contributed by atoms with Crippen molar-refractivity contribution >= 4 is 18.0 Å². The van der Waals surface area contributed by atoms with Gasteiger partial charge in [0.15, 0.2) is 0 Å². The zero-order valence-electron chi connectivity index (χ0n) is 15.2. The maximum atomic E-state index is 11.0. The van der Waals surface area contributed by atoms with E-state index >= 15 is 0 Å². The lowest BCUT2D eigenvalue weighted by atomic mass is 10.0. The van der Waals surface area contributed by atoms with Gasteiger partial charge in [0.2, 0.25) is 0 Å². The first-order valence-corrected chi connectivity index (χ1v) is 10.0. The molecule has 1 heterocycles. The van der Waals surface area contributed by atoms with E-state index in [1.165, 1.54) is 10.5 Å². The molecule has 0 N–H and O–H groups in total. The molecule has 138 valence electrons. The largest absolute Gasteiger partial charge is 0.298 e. The highest BCUT2D eigenvalue weighted by molar-refractivity contribution is 7.98. The molecule has 4 nitrogen and oxygen atoms in total. The average Bonchev–Trinajstić information content (AvgIpc) is 3.16. The molecule has 1 aromatic heterocycles. The number of hydrogen-bond donors (Lipinski definition) is 0. The third kappa shape index (κ3) is 4.21. The van der Waals surface area contributed by atoms with E-state index in [1.807, 2.05) is 65.3 Å². The molecule has 0 aliphatic carbocycles. The summed E-state index contributed by atoms with van der Waals surface area (Å²) in [7, 11) is 0. The Morgan fingerprint density at radius 1 is 0.857 bits per heavy atom. The molecule has 0 amide bonds. The molecule has 3 aromatic carbocycles.